The highest BCUT2D eigenvalue weighted by molar-refractivity contribution is 5.97. The number of rotatable bonds is 3. The van der Waals surface area contributed by atoms with Crippen molar-refractivity contribution in [1.29, 1.82) is 0 Å². The van der Waals surface area contributed by atoms with Gasteiger partial charge in [0, 0.05) is 12.4 Å². The van der Waals surface area contributed by atoms with Gasteiger partial charge in [-0.2, -0.15) is 13.2 Å². The summed E-state index contributed by atoms with van der Waals surface area (Å²) in [5, 5.41) is 2.08. The average molecular weight is 246 g/mol. The van der Waals surface area contributed by atoms with Crippen LogP contribution in [0.4, 0.5) is 13.2 Å². The van der Waals surface area contributed by atoms with E-state index in [-0.39, 0.29) is 12.3 Å². The Labute approximate surface area is 94.8 Å². The number of halogens is 3. The Morgan fingerprint density at radius 3 is 2.59 bits per heavy atom. The summed E-state index contributed by atoms with van der Waals surface area (Å²) in [6, 6.07) is 0.711. The Bertz CT molecular complexity index is 443. The van der Waals surface area contributed by atoms with Gasteiger partial charge in [-0.15, -0.1) is 0 Å². The highest BCUT2D eigenvalue weighted by Gasteiger charge is 2.35. The zero-order valence-corrected chi connectivity index (χ0v) is 8.84. The first-order valence-electron chi connectivity index (χ1n) is 4.61. The lowest BCUT2D eigenvalue weighted by Gasteiger charge is -2.11. The third-order valence-corrected chi connectivity index (χ3v) is 1.87. The highest BCUT2D eigenvalue weighted by Crippen LogP contribution is 2.31. The Morgan fingerprint density at radius 2 is 2.06 bits per heavy atom. The van der Waals surface area contributed by atoms with E-state index in [2.05, 4.69) is 10.3 Å². The van der Waals surface area contributed by atoms with Gasteiger partial charge in [-0.3, -0.25) is 14.6 Å². The first kappa shape index (κ1) is 13.1. The van der Waals surface area contributed by atoms with E-state index < -0.39 is 23.2 Å². The molecule has 0 aliphatic carbocycles. The third kappa shape index (κ3) is 3.54. The Hall–Kier alpha value is -1.92. The summed E-state index contributed by atoms with van der Waals surface area (Å²) in [5.41, 5.74) is -1.67. The molecule has 0 fully saturated rings. The Morgan fingerprint density at radius 1 is 1.41 bits per heavy atom. The van der Waals surface area contributed by atoms with Gasteiger partial charge in [0.15, 0.2) is 0 Å². The summed E-state index contributed by atoms with van der Waals surface area (Å²) >= 11 is 0. The average Bonchev–Trinajstić information content (AvgIpc) is 2.24. The summed E-state index contributed by atoms with van der Waals surface area (Å²) in [7, 11) is 0. The Balaban J connectivity index is 2.98. The van der Waals surface area contributed by atoms with Crippen molar-refractivity contribution in [3.05, 3.63) is 29.6 Å². The zero-order chi connectivity index (χ0) is 13.1. The number of aromatic nitrogens is 1. The lowest BCUT2D eigenvalue weighted by molar-refractivity contribution is -0.138. The molecule has 0 saturated heterocycles. The van der Waals surface area contributed by atoms with E-state index in [9.17, 15) is 22.8 Å². The van der Waals surface area contributed by atoms with Crippen molar-refractivity contribution in [2.24, 2.45) is 0 Å². The molecule has 1 rings (SSSR count). The first-order chi connectivity index (χ1) is 7.82. The van der Waals surface area contributed by atoms with Crippen LogP contribution in [0, 0.1) is 0 Å². The van der Waals surface area contributed by atoms with Crippen LogP contribution in [0.25, 0.3) is 0 Å². The van der Waals surface area contributed by atoms with Crippen LogP contribution < -0.4 is 5.32 Å². The molecule has 0 aliphatic heterocycles. The van der Waals surface area contributed by atoms with Gasteiger partial charge < -0.3 is 5.32 Å². The molecule has 0 saturated carbocycles. The van der Waals surface area contributed by atoms with Crippen molar-refractivity contribution in [3.8, 4) is 0 Å². The van der Waals surface area contributed by atoms with Gasteiger partial charge in [-0.1, -0.05) is 0 Å². The van der Waals surface area contributed by atoms with Crippen LogP contribution in [-0.2, 0) is 11.0 Å². The predicted octanol–water partition coefficient (Wildman–Crippen LogP) is 1.42. The van der Waals surface area contributed by atoms with E-state index in [1.807, 2.05) is 0 Å². The number of alkyl halides is 3. The molecule has 0 bridgehead atoms. The molecule has 0 aliphatic rings. The molecule has 7 heteroatoms. The predicted molar refractivity (Wildman–Crippen MR) is 52.3 cm³/mol. The van der Waals surface area contributed by atoms with Crippen molar-refractivity contribution in [1.82, 2.24) is 10.3 Å². The van der Waals surface area contributed by atoms with E-state index in [1.54, 1.807) is 0 Å². The summed E-state index contributed by atoms with van der Waals surface area (Å²) < 4.78 is 37.6. The molecule has 0 spiro atoms. The van der Waals surface area contributed by atoms with Gasteiger partial charge in [-0.05, 0) is 13.0 Å². The first-order valence-corrected chi connectivity index (χ1v) is 4.61. The Kier molecular flexibility index (Phi) is 3.82. The van der Waals surface area contributed by atoms with Gasteiger partial charge in [0.25, 0.3) is 5.91 Å². The third-order valence-electron chi connectivity index (χ3n) is 1.87. The number of carbonyl (C=O) groups excluding carboxylic acids is 2. The monoisotopic (exact) mass is 246 g/mol. The molecular formula is C10H9F3N2O2. The number of amides is 1. The summed E-state index contributed by atoms with van der Waals surface area (Å²) in [6.45, 7) is 0.902. The van der Waals surface area contributed by atoms with Gasteiger partial charge in [0.1, 0.15) is 5.78 Å². The van der Waals surface area contributed by atoms with E-state index in [0.29, 0.717) is 6.07 Å². The largest absolute Gasteiger partial charge is 0.417 e. The molecule has 4 nitrogen and oxygen atoms in total. The number of pyridine rings is 1. The highest BCUT2D eigenvalue weighted by atomic mass is 19.4. The van der Waals surface area contributed by atoms with E-state index in [0.717, 1.165) is 12.4 Å². The molecule has 0 atom stereocenters. The molecular weight excluding hydrogens is 237 g/mol. The standard InChI is InChI=1S/C10H9F3N2O2/c1-6(16)4-15-9(17)7-5-14-3-2-8(7)10(11,12)13/h2-3,5H,4H2,1H3,(H,15,17). The van der Waals surface area contributed by atoms with Crippen molar-refractivity contribution in [2.45, 2.75) is 13.1 Å². The molecule has 92 valence electrons. The lowest BCUT2D eigenvalue weighted by Crippen LogP contribution is -2.30. The fraction of sp³-hybridized carbons (Fsp3) is 0.300. The van der Waals surface area contributed by atoms with Gasteiger partial charge in [-0.25, -0.2) is 0 Å². The molecule has 1 heterocycles. The maximum Gasteiger partial charge on any atom is 0.417 e. The van der Waals surface area contributed by atoms with Crippen LogP contribution in [0.1, 0.15) is 22.8 Å². The summed E-state index contributed by atoms with van der Waals surface area (Å²) in [6.07, 6.45) is -2.87. The van der Waals surface area contributed by atoms with Crippen LogP contribution in [-0.4, -0.2) is 23.2 Å². The SMILES string of the molecule is CC(=O)CNC(=O)c1cnccc1C(F)(F)F. The normalized spacial score (nSPS) is 11.1. The van der Waals surface area contributed by atoms with Crippen LogP contribution in [0.15, 0.2) is 18.5 Å². The lowest BCUT2D eigenvalue weighted by atomic mass is 10.1. The van der Waals surface area contributed by atoms with E-state index >= 15 is 0 Å². The summed E-state index contributed by atoms with van der Waals surface area (Å²) in [5.74, 6) is -1.32. The number of nitrogens with one attached hydrogen (secondary N) is 1. The second-order valence-electron chi connectivity index (χ2n) is 3.30. The van der Waals surface area contributed by atoms with Crippen molar-refractivity contribution in [2.75, 3.05) is 6.54 Å². The molecule has 0 radical (unpaired) electrons. The number of Topliss-reactive ketones (excluding diaryl/α,β-unsaturated/α-hetero) is 1. The van der Waals surface area contributed by atoms with Crippen molar-refractivity contribution < 1.29 is 22.8 Å². The van der Waals surface area contributed by atoms with Gasteiger partial charge in [0.05, 0.1) is 17.7 Å². The van der Waals surface area contributed by atoms with E-state index in [1.165, 1.54) is 6.92 Å². The fourth-order valence-electron chi connectivity index (χ4n) is 1.12. The molecule has 1 amide bonds. The number of ketones is 1. The fourth-order valence-corrected chi connectivity index (χ4v) is 1.12. The number of hydrogen-bond donors (Lipinski definition) is 1. The van der Waals surface area contributed by atoms with Crippen LogP contribution in [0.2, 0.25) is 0 Å². The van der Waals surface area contributed by atoms with Crippen molar-refractivity contribution in [3.63, 3.8) is 0 Å². The number of carbonyl (C=O) groups is 2. The smallest absolute Gasteiger partial charge is 0.345 e. The maximum atomic E-state index is 12.5. The molecule has 1 N–H and O–H groups in total. The number of nitrogens with zero attached hydrogens (tertiary/aromatic N) is 1. The van der Waals surface area contributed by atoms with Gasteiger partial charge in [0.2, 0.25) is 0 Å². The second-order valence-corrected chi connectivity index (χ2v) is 3.30. The van der Waals surface area contributed by atoms with Crippen LogP contribution >= 0.6 is 0 Å². The molecule has 1 aromatic rings. The zero-order valence-electron chi connectivity index (χ0n) is 8.84. The van der Waals surface area contributed by atoms with E-state index in [4.69, 9.17) is 0 Å². The molecule has 0 unspecified atom stereocenters. The maximum absolute atomic E-state index is 12.5. The topological polar surface area (TPSA) is 59.1 Å². The minimum Gasteiger partial charge on any atom is -0.345 e. The quantitative estimate of drug-likeness (QED) is 0.877. The van der Waals surface area contributed by atoms with Gasteiger partial charge >= 0.3 is 6.18 Å². The molecule has 0 aromatic carbocycles. The second kappa shape index (κ2) is 4.94. The van der Waals surface area contributed by atoms with Crippen LogP contribution in [0.5, 0.6) is 0 Å². The van der Waals surface area contributed by atoms with Crippen LogP contribution in [0.3, 0.4) is 0 Å². The minimum absolute atomic E-state index is 0.314. The van der Waals surface area contributed by atoms with Crippen molar-refractivity contribution >= 4 is 11.7 Å². The molecule has 17 heavy (non-hydrogen) atoms. The number of hydrogen-bond acceptors (Lipinski definition) is 3. The minimum atomic E-state index is -4.63. The summed E-state index contributed by atoms with van der Waals surface area (Å²) in [4.78, 5) is 25.5. The molecule has 1 aromatic heterocycles.